The minimum atomic E-state index is -3.47. The van der Waals surface area contributed by atoms with E-state index in [2.05, 4.69) is 15.0 Å². The molecule has 0 bridgehead atoms. The van der Waals surface area contributed by atoms with E-state index in [4.69, 9.17) is 11.6 Å². The molecule has 7 heteroatoms. The minimum Gasteiger partial charge on any atom is -0.254 e. The average molecular weight is 284 g/mol. The number of rotatable bonds is 2. The molecule has 0 aliphatic heterocycles. The van der Waals surface area contributed by atoms with Crippen LogP contribution in [0, 0.1) is 6.92 Å². The van der Waals surface area contributed by atoms with Crippen LogP contribution in [0.25, 0.3) is 11.4 Å². The van der Waals surface area contributed by atoms with Gasteiger partial charge in [-0.1, -0.05) is 17.7 Å². The Hall–Kier alpha value is -1.53. The highest BCUT2D eigenvalue weighted by atomic mass is 35.5. The summed E-state index contributed by atoms with van der Waals surface area (Å²) in [6.07, 6.45) is 3.92. The minimum absolute atomic E-state index is 0.257. The molecule has 2 aromatic heterocycles. The number of halogens is 1. The topological polar surface area (TPSA) is 72.8 Å². The Morgan fingerprint density at radius 3 is 2.56 bits per heavy atom. The van der Waals surface area contributed by atoms with E-state index < -0.39 is 9.84 Å². The summed E-state index contributed by atoms with van der Waals surface area (Å²) in [6.45, 7) is 1.85. The summed E-state index contributed by atoms with van der Waals surface area (Å²) in [5.74, 6) is 0. The van der Waals surface area contributed by atoms with Crippen LogP contribution in [0.15, 0.2) is 29.7 Å². The second-order valence-corrected chi connectivity index (χ2v) is 6.11. The van der Waals surface area contributed by atoms with Crippen molar-refractivity contribution in [3.63, 3.8) is 0 Å². The number of aromatic nitrogens is 3. The predicted octanol–water partition coefficient (Wildman–Crippen LogP) is 1.90. The van der Waals surface area contributed by atoms with Gasteiger partial charge in [0.15, 0.2) is 0 Å². The molecule has 2 aromatic rings. The lowest BCUT2D eigenvalue weighted by molar-refractivity contribution is 0.593. The Morgan fingerprint density at radius 2 is 1.94 bits per heavy atom. The molecule has 0 atom stereocenters. The van der Waals surface area contributed by atoms with Crippen LogP contribution in [0.4, 0.5) is 0 Å². The monoisotopic (exact) mass is 283 g/mol. The van der Waals surface area contributed by atoms with E-state index in [-0.39, 0.29) is 10.2 Å². The van der Waals surface area contributed by atoms with Crippen molar-refractivity contribution in [3.05, 3.63) is 35.1 Å². The van der Waals surface area contributed by atoms with Crippen LogP contribution in [0.3, 0.4) is 0 Å². The highest BCUT2D eigenvalue weighted by Gasteiger charge is 2.16. The molecular weight excluding hydrogens is 274 g/mol. The van der Waals surface area contributed by atoms with E-state index in [1.165, 1.54) is 6.20 Å². The molecule has 2 heterocycles. The lowest BCUT2D eigenvalue weighted by Crippen LogP contribution is -2.05. The van der Waals surface area contributed by atoms with Crippen LogP contribution in [0.2, 0.25) is 5.02 Å². The molecule has 18 heavy (non-hydrogen) atoms. The van der Waals surface area contributed by atoms with Crippen LogP contribution in [-0.4, -0.2) is 29.6 Å². The van der Waals surface area contributed by atoms with Crippen molar-refractivity contribution in [2.75, 3.05) is 6.26 Å². The fourth-order valence-electron chi connectivity index (χ4n) is 1.43. The second kappa shape index (κ2) is 4.62. The summed E-state index contributed by atoms with van der Waals surface area (Å²) < 4.78 is 22.8. The van der Waals surface area contributed by atoms with E-state index in [1.54, 1.807) is 12.3 Å². The lowest BCUT2D eigenvalue weighted by atomic mass is 10.1. The Balaban J connectivity index is 2.69. The smallest absolute Gasteiger partial charge is 0.247 e. The third kappa shape index (κ3) is 2.49. The van der Waals surface area contributed by atoms with Gasteiger partial charge in [-0.15, -0.1) is 0 Å². The zero-order valence-electron chi connectivity index (χ0n) is 9.75. The molecule has 0 aliphatic rings. The molecule has 0 aromatic carbocycles. The SMILES string of the molecule is Cc1cccnc1-c1nc(S(C)(=O)=O)ncc1Cl. The van der Waals surface area contributed by atoms with E-state index in [0.29, 0.717) is 11.4 Å². The van der Waals surface area contributed by atoms with Gasteiger partial charge in [0.1, 0.15) is 5.69 Å². The normalized spacial score (nSPS) is 11.5. The number of sulfone groups is 1. The van der Waals surface area contributed by atoms with Gasteiger partial charge in [0, 0.05) is 12.5 Å². The Morgan fingerprint density at radius 1 is 1.22 bits per heavy atom. The fraction of sp³-hybridized carbons (Fsp3) is 0.182. The highest BCUT2D eigenvalue weighted by molar-refractivity contribution is 7.90. The first-order valence-corrected chi connectivity index (χ1v) is 7.31. The van der Waals surface area contributed by atoms with Gasteiger partial charge in [-0.05, 0) is 18.6 Å². The van der Waals surface area contributed by atoms with Crippen LogP contribution >= 0.6 is 11.6 Å². The van der Waals surface area contributed by atoms with E-state index in [9.17, 15) is 8.42 Å². The molecule has 0 unspecified atom stereocenters. The number of nitrogens with zero attached hydrogens (tertiary/aromatic N) is 3. The fourth-order valence-corrected chi connectivity index (χ4v) is 2.11. The number of hydrogen-bond acceptors (Lipinski definition) is 5. The molecular formula is C11H10ClN3O2S. The predicted molar refractivity (Wildman–Crippen MR) is 68.1 cm³/mol. The first-order valence-electron chi connectivity index (χ1n) is 5.04. The zero-order valence-corrected chi connectivity index (χ0v) is 11.3. The van der Waals surface area contributed by atoms with Crippen LogP contribution in [0.1, 0.15) is 5.56 Å². The van der Waals surface area contributed by atoms with Crippen molar-refractivity contribution in [1.29, 1.82) is 0 Å². The van der Waals surface area contributed by atoms with Gasteiger partial charge in [-0.3, -0.25) is 4.98 Å². The van der Waals surface area contributed by atoms with Crippen LogP contribution in [-0.2, 0) is 9.84 Å². The van der Waals surface area contributed by atoms with Gasteiger partial charge in [-0.25, -0.2) is 18.4 Å². The molecule has 2 rings (SSSR count). The van der Waals surface area contributed by atoms with Crippen molar-refractivity contribution in [3.8, 4) is 11.4 Å². The second-order valence-electron chi connectivity index (χ2n) is 3.79. The largest absolute Gasteiger partial charge is 0.254 e. The van der Waals surface area contributed by atoms with Gasteiger partial charge in [0.2, 0.25) is 15.0 Å². The van der Waals surface area contributed by atoms with E-state index in [1.807, 2.05) is 13.0 Å². The molecule has 5 nitrogen and oxygen atoms in total. The summed E-state index contributed by atoms with van der Waals surface area (Å²) in [4.78, 5) is 11.9. The number of aryl methyl sites for hydroxylation is 1. The van der Waals surface area contributed by atoms with Crippen molar-refractivity contribution in [2.24, 2.45) is 0 Å². The average Bonchev–Trinajstić information content (AvgIpc) is 2.29. The quantitative estimate of drug-likeness (QED) is 0.787. The summed E-state index contributed by atoms with van der Waals surface area (Å²) in [7, 11) is -3.47. The van der Waals surface area contributed by atoms with Crippen molar-refractivity contribution in [1.82, 2.24) is 15.0 Å². The molecule has 0 radical (unpaired) electrons. The van der Waals surface area contributed by atoms with Crippen molar-refractivity contribution in [2.45, 2.75) is 12.1 Å². The molecule has 0 saturated heterocycles. The van der Waals surface area contributed by atoms with E-state index in [0.717, 1.165) is 11.8 Å². The molecule has 0 amide bonds. The van der Waals surface area contributed by atoms with Crippen LogP contribution in [0.5, 0.6) is 0 Å². The lowest BCUT2D eigenvalue weighted by Gasteiger charge is -2.06. The third-order valence-corrected chi connectivity index (χ3v) is 3.42. The number of pyridine rings is 1. The van der Waals surface area contributed by atoms with Gasteiger partial charge >= 0.3 is 0 Å². The molecule has 0 spiro atoms. The van der Waals surface area contributed by atoms with Crippen molar-refractivity contribution < 1.29 is 8.42 Å². The Bertz CT molecular complexity index is 701. The summed E-state index contributed by atoms with van der Waals surface area (Å²) in [5.41, 5.74) is 1.73. The Labute approximate surface area is 110 Å². The van der Waals surface area contributed by atoms with E-state index >= 15 is 0 Å². The Kier molecular flexibility index (Phi) is 3.32. The molecule has 0 N–H and O–H groups in total. The maximum atomic E-state index is 11.4. The number of hydrogen-bond donors (Lipinski definition) is 0. The van der Waals surface area contributed by atoms with Gasteiger partial charge in [0.25, 0.3) is 0 Å². The van der Waals surface area contributed by atoms with Gasteiger partial charge in [0.05, 0.1) is 16.9 Å². The maximum Gasteiger partial charge on any atom is 0.247 e. The summed E-state index contributed by atoms with van der Waals surface area (Å²) in [5, 5.41) is 0.0103. The van der Waals surface area contributed by atoms with Crippen molar-refractivity contribution >= 4 is 21.4 Å². The van der Waals surface area contributed by atoms with Crippen LogP contribution < -0.4 is 0 Å². The molecule has 0 saturated carbocycles. The first kappa shape index (κ1) is 12.9. The molecule has 0 fully saturated rings. The zero-order chi connectivity index (χ0) is 13.3. The third-order valence-electron chi connectivity index (χ3n) is 2.29. The van der Waals surface area contributed by atoms with Gasteiger partial charge < -0.3 is 0 Å². The molecule has 0 aliphatic carbocycles. The molecule has 94 valence electrons. The first-order chi connectivity index (χ1) is 8.39. The van der Waals surface area contributed by atoms with Gasteiger partial charge in [-0.2, -0.15) is 0 Å². The summed E-state index contributed by atoms with van der Waals surface area (Å²) in [6, 6.07) is 3.63. The standard InChI is InChI=1S/C11H10ClN3O2S/c1-7-4-3-5-13-9(7)10-8(12)6-14-11(15-10)18(2,16)17/h3-6H,1-2H3. The summed E-state index contributed by atoms with van der Waals surface area (Å²) >= 11 is 5.99. The highest BCUT2D eigenvalue weighted by Crippen LogP contribution is 2.26. The maximum absolute atomic E-state index is 11.4.